The Kier molecular flexibility index (Phi) is 16.0. The smallest absolute Gasteiger partial charge is 0.281 e. The fourth-order valence-electron chi connectivity index (χ4n) is 2.71. The molecule has 134 valence electrons. The normalized spacial score (nSPS) is 12.0. The molecule has 3 N–H and O–H groups in total. The number of hydrogen-bond acceptors (Lipinski definition) is 3. The first kappa shape index (κ1) is 22.1. The van der Waals surface area contributed by atoms with Crippen molar-refractivity contribution in [3.8, 4) is 0 Å². The summed E-state index contributed by atoms with van der Waals surface area (Å²) in [6.07, 6.45) is 13.1. The lowest BCUT2D eigenvalue weighted by molar-refractivity contribution is 0.627. The zero-order valence-corrected chi connectivity index (χ0v) is 16.9. The molecule has 0 aliphatic carbocycles. The first-order valence-electron chi connectivity index (χ1n) is 9.99. The van der Waals surface area contributed by atoms with E-state index in [2.05, 4.69) is 42.6 Å². The van der Waals surface area contributed by atoms with Gasteiger partial charge in [0.15, 0.2) is 0 Å². The summed E-state index contributed by atoms with van der Waals surface area (Å²) in [5.74, 6) is 0. The number of unbranched alkanes of at least 4 members (excludes halogenated alkanes) is 6. The SMILES string of the molecule is CCCCCC[Si](NCCCC)(NCCCC)NCCCC. The topological polar surface area (TPSA) is 36.1 Å². The van der Waals surface area contributed by atoms with Gasteiger partial charge in [0.05, 0.1) is 0 Å². The molecule has 0 unspecified atom stereocenters. The van der Waals surface area contributed by atoms with Crippen molar-refractivity contribution in [1.29, 1.82) is 0 Å². The summed E-state index contributed by atoms with van der Waals surface area (Å²) in [6.45, 7) is 12.6. The van der Waals surface area contributed by atoms with E-state index >= 15 is 0 Å². The summed E-state index contributed by atoms with van der Waals surface area (Å²) in [6, 6.07) is 1.32. The van der Waals surface area contributed by atoms with Gasteiger partial charge in [-0.1, -0.05) is 72.6 Å². The fourth-order valence-corrected chi connectivity index (χ4v) is 6.20. The number of hydrogen-bond donors (Lipinski definition) is 3. The molecule has 0 aliphatic rings. The lowest BCUT2D eigenvalue weighted by atomic mass is 10.2. The highest BCUT2D eigenvalue weighted by Gasteiger charge is 2.31. The Bertz CT molecular complexity index is 198. The van der Waals surface area contributed by atoms with E-state index in [-0.39, 0.29) is 0 Å². The van der Waals surface area contributed by atoms with E-state index in [1.807, 2.05) is 0 Å². The van der Waals surface area contributed by atoms with Crippen LogP contribution in [0.3, 0.4) is 0 Å². The molecule has 3 nitrogen and oxygen atoms in total. The maximum atomic E-state index is 3.95. The lowest BCUT2D eigenvalue weighted by Crippen LogP contribution is -2.72. The highest BCUT2D eigenvalue weighted by Crippen LogP contribution is 2.10. The van der Waals surface area contributed by atoms with Crippen LogP contribution < -0.4 is 14.9 Å². The van der Waals surface area contributed by atoms with Crippen LogP contribution in [0.5, 0.6) is 0 Å². The second-order valence-corrected chi connectivity index (χ2v) is 9.93. The molecule has 0 aliphatic heterocycles. The Morgan fingerprint density at radius 2 is 0.909 bits per heavy atom. The van der Waals surface area contributed by atoms with Crippen LogP contribution in [0.1, 0.15) is 91.9 Å². The minimum absolute atomic E-state index is 1.16. The summed E-state index contributed by atoms with van der Waals surface area (Å²) in [4.78, 5) is 11.8. The summed E-state index contributed by atoms with van der Waals surface area (Å²) in [5, 5.41) is 0. The Hall–Kier alpha value is 0.0969. The van der Waals surface area contributed by atoms with Crippen molar-refractivity contribution in [1.82, 2.24) is 14.9 Å². The molecule has 0 saturated heterocycles. The van der Waals surface area contributed by atoms with E-state index in [1.165, 1.54) is 70.3 Å². The molecule has 0 saturated carbocycles. The van der Waals surface area contributed by atoms with Gasteiger partial charge in [-0.3, -0.25) is 0 Å². The highest BCUT2D eigenvalue weighted by atomic mass is 28.4. The van der Waals surface area contributed by atoms with Gasteiger partial charge in [0, 0.05) is 0 Å². The maximum absolute atomic E-state index is 3.95. The predicted molar refractivity (Wildman–Crippen MR) is 103 cm³/mol. The minimum Gasteiger partial charge on any atom is -0.313 e. The van der Waals surface area contributed by atoms with E-state index in [9.17, 15) is 0 Å². The van der Waals surface area contributed by atoms with Crippen molar-refractivity contribution in [3.05, 3.63) is 0 Å². The van der Waals surface area contributed by atoms with E-state index in [0.717, 1.165) is 19.6 Å². The van der Waals surface area contributed by atoms with Gasteiger partial charge < -0.3 is 14.9 Å². The van der Waals surface area contributed by atoms with Crippen molar-refractivity contribution in [2.75, 3.05) is 19.6 Å². The molecule has 0 radical (unpaired) electrons. The van der Waals surface area contributed by atoms with Crippen molar-refractivity contribution >= 4 is 8.56 Å². The molecule has 0 aromatic carbocycles. The van der Waals surface area contributed by atoms with Crippen LogP contribution in [-0.2, 0) is 0 Å². The fraction of sp³-hybridized carbons (Fsp3) is 1.00. The molecule has 0 aromatic heterocycles. The second kappa shape index (κ2) is 16.0. The molecule has 0 rings (SSSR count). The molecule has 0 amide bonds. The van der Waals surface area contributed by atoms with Gasteiger partial charge in [-0.15, -0.1) is 0 Å². The minimum atomic E-state index is -1.71. The molecule has 0 spiro atoms. The van der Waals surface area contributed by atoms with E-state index < -0.39 is 8.56 Å². The lowest BCUT2D eigenvalue weighted by Gasteiger charge is -2.34. The van der Waals surface area contributed by atoms with Gasteiger partial charge in [-0.05, 0) is 44.9 Å². The Morgan fingerprint density at radius 3 is 1.27 bits per heavy atom. The average Bonchev–Trinajstić information content (AvgIpc) is 2.52. The quantitative estimate of drug-likeness (QED) is 0.268. The summed E-state index contributed by atoms with van der Waals surface area (Å²) in [7, 11) is -1.71. The molecule has 0 heterocycles. The van der Waals surface area contributed by atoms with E-state index in [4.69, 9.17) is 0 Å². The van der Waals surface area contributed by atoms with Gasteiger partial charge >= 0.3 is 0 Å². The molecule has 0 aromatic rings. The standard InChI is InChI=1S/C18H43N3Si/c1-5-9-13-14-18-22(19-15-10-6-2,20-16-11-7-3)21-17-12-8-4/h19-21H,5-18H2,1-4H3. The second-order valence-electron chi connectivity index (χ2n) is 6.56. The Balaban J connectivity index is 4.53. The Labute approximate surface area is 141 Å². The molecule has 0 atom stereocenters. The third kappa shape index (κ3) is 11.6. The highest BCUT2D eigenvalue weighted by molar-refractivity contribution is 6.72. The van der Waals surface area contributed by atoms with Gasteiger partial charge in [0.25, 0.3) is 8.56 Å². The van der Waals surface area contributed by atoms with Crippen LogP contribution in [0.2, 0.25) is 6.04 Å². The van der Waals surface area contributed by atoms with Crippen molar-refractivity contribution in [2.45, 2.75) is 97.9 Å². The van der Waals surface area contributed by atoms with Crippen LogP contribution in [0.15, 0.2) is 0 Å². The third-order valence-electron chi connectivity index (χ3n) is 4.28. The van der Waals surface area contributed by atoms with Crippen LogP contribution in [0.25, 0.3) is 0 Å². The maximum Gasteiger partial charge on any atom is 0.281 e. The van der Waals surface area contributed by atoms with Gasteiger partial charge in [0.2, 0.25) is 0 Å². The molecular formula is C18H43N3Si. The van der Waals surface area contributed by atoms with Crippen LogP contribution >= 0.6 is 0 Å². The summed E-state index contributed by atoms with van der Waals surface area (Å²) >= 11 is 0. The van der Waals surface area contributed by atoms with Gasteiger partial charge in [0.1, 0.15) is 0 Å². The zero-order chi connectivity index (χ0) is 16.5. The first-order valence-corrected chi connectivity index (χ1v) is 12.2. The first-order chi connectivity index (χ1) is 10.7. The van der Waals surface area contributed by atoms with E-state index in [0.29, 0.717) is 0 Å². The number of nitrogens with one attached hydrogen (secondary N) is 3. The van der Waals surface area contributed by atoms with Crippen LogP contribution in [0, 0.1) is 0 Å². The van der Waals surface area contributed by atoms with Crippen molar-refractivity contribution in [3.63, 3.8) is 0 Å². The predicted octanol–water partition coefficient (Wildman–Crippen LogP) is 4.67. The van der Waals surface area contributed by atoms with Crippen LogP contribution in [0.4, 0.5) is 0 Å². The summed E-state index contributed by atoms with van der Waals surface area (Å²) < 4.78 is 0. The monoisotopic (exact) mass is 329 g/mol. The van der Waals surface area contributed by atoms with Crippen molar-refractivity contribution in [2.24, 2.45) is 0 Å². The van der Waals surface area contributed by atoms with Crippen molar-refractivity contribution < 1.29 is 0 Å². The Morgan fingerprint density at radius 1 is 0.500 bits per heavy atom. The van der Waals surface area contributed by atoms with Crippen LogP contribution in [-0.4, -0.2) is 28.2 Å². The molecule has 0 bridgehead atoms. The molecule has 0 fully saturated rings. The molecule has 22 heavy (non-hydrogen) atoms. The van der Waals surface area contributed by atoms with Gasteiger partial charge in [-0.2, -0.15) is 0 Å². The number of rotatable bonds is 17. The zero-order valence-electron chi connectivity index (χ0n) is 15.9. The van der Waals surface area contributed by atoms with Gasteiger partial charge in [-0.25, -0.2) is 0 Å². The molecule has 4 heteroatoms. The van der Waals surface area contributed by atoms with E-state index in [1.54, 1.807) is 0 Å². The molecular weight excluding hydrogens is 286 g/mol. The summed E-state index contributed by atoms with van der Waals surface area (Å²) in [5.41, 5.74) is 0. The third-order valence-corrected chi connectivity index (χ3v) is 7.94. The largest absolute Gasteiger partial charge is 0.313 e. The average molecular weight is 330 g/mol.